The van der Waals surface area contributed by atoms with Crippen LogP contribution in [0.5, 0.6) is 0 Å². The van der Waals surface area contributed by atoms with Gasteiger partial charge in [-0.2, -0.15) is 0 Å². The molecule has 5 heteroatoms. The van der Waals surface area contributed by atoms with Gasteiger partial charge in [0.15, 0.2) is 0 Å². The number of halogens is 1. The summed E-state index contributed by atoms with van der Waals surface area (Å²) in [4.78, 5) is 27.6. The summed E-state index contributed by atoms with van der Waals surface area (Å²) in [6.45, 7) is 2.01. The SMILES string of the molecule is CNC(=O)[C@@H](C)N(Cc1ccccc1Cl)C(=O)CC(c1ccccc1)c1ccccc1. The van der Waals surface area contributed by atoms with Crippen molar-refractivity contribution in [2.24, 2.45) is 0 Å². The monoisotopic (exact) mass is 434 g/mol. The molecule has 1 N–H and O–H groups in total. The van der Waals surface area contributed by atoms with Crippen LogP contribution in [0.2, 0.25) is 5.02 Å². The highest BCUT2D eigenvalue weighted by Crippen LogP contribution is 2.29. The molecule has 0 unspecified atom stereocenters. The van der Waals surface area contributed by atoms with Crippen molar-refractivity contribution in [1.82, 2.24) is 10.2 Å². The van der Waals surface area contributed by atoms with Crippen LogP contribution in [0.3, 0.4) is 0 Å². The number of rotatable bonds is 8. The molecule has 1 atom stereocenters. The summed E-state index contributed by atoms with van der Waals surface area (Å²) in [5.74, 6) is -0.425. The van der Waals surface area contributed by atoms with E-state index in [1.807, 2.05) is 78.9 Å². The quantitative estimate of drug-likeness (QED) is 0.540. The second kappa shape index (κ2) is 10.8. The van der Waals surface area contributed by atoms with Crippen molar-refractivity contribution < 1.29 is 9.59 Å². The van der Waals surface area contributed by atoms with E-state index in [1.165, 1.54) is 0 Å². The molecule has 0 saturated heterocycles. The van der Waals surface area contributed by atoms with Crippen molar-refractivity contribution in [1.29, 1.82) is 0 Å². The van der Waals surface area contributed by atoms with Crippen molar-refractivity contribution in [2.75, 3.05) is 7.05 Å². The molecule has 160 valence electrons. The van der Waals surface area contributed by atoms with Gasteiger partial charge in [0.1, 0.15) is 6.04 Å². The number of nitrogens with zero attached hydrogens (tertiary/aromatic N) is 1. The second-order valence-electron chi connectivity index (χ2n) is 7.48. The molecule has 3 rings (SSSR count). The van der Waals surface area contributed by atoms with Gasteiger partial charge >= 0.3 is 0 Å². The number of nitrogens with one attached hydrogen (secondary N) is 1. The first kappa shape index (κ1) is 22.6. The molecule has 0 radical (unpaired) electrons. The van der Waals surface area contributed by atoms with Gasteiger partial charge in [-0.15, -0.1) is 0 Å². The van der Waals surface area contributed by atoms with E-state index < -0.39 is 6.04 Å². The maximum absolute atomic E-state index is 13.6. The van der Waals surface area contributed by atoms with Crippen molar-refractivity contribution in [2.45, 2.75) is 31.8 Å². The number of likely N-dealkylation sites (N-methyl/N-ethyl adjacent to an activating group) is 1. The molecule has 3 aromatic carbocycles. The Hall–Kier alpha value is -3.11. The zero-order chi connectivity index (χ0) is 22.2. The third-order valence-electron chi connectivity index (χ3n) is 5.49. The molecule has 0 aromatic heterocycles. The molecule has 0 fully saturated rings. The average Bonchev–Trinajstić information content (AvgIpc) is 2.82. The maximum Gasteiger partial charge on any atom is 0.242 e. The predicted molar refractivity (Wildman–Crippen MR) is 125 cm³/mol. The largest absolute Gasteiger partial charge is 0.357 e. The van der Waals surface area contributed by atoms with Crippen LogP contribution in [0.4, 0.5) is 0 Å². The molecule has 3 aromatic rings. The van der Waals surface area contributed by atoms with Crippen LogP contribution in [0.15, 0.2) is 84.9 Å². The number of benzene rings is 3. The fourth-order valence-corrected chi connectivity index (χ4v) is 3.89. The average molecular weight is 435 g/mol. The molecule has 0 aliphatic rings. The summed E-state index contributed by atoms with van der Waals surface area (Å²) < 4.78 is 0. The number of carbonyl (C=O) groups excluding carboxylic acids is 2. The van der Waals surface area contributed by atoms with Crippen LogP contribution >= 0.6 is 11.6 Å². The third kappa shape index (κ3) is 5.74. The minimum atomic E-state index is -0.624. The number of amides is 2. The van der Waals surface area contributed by atoms with Crippen molar-refractivity contribution in [3.05, 3.63) is 107 Å². The molecule has 0 saturated carbocycles. The summed E-state index contributed by atoms with van der Waals surface area (Å²) in [5, 5.41) is 3.23. The fraction of sp³-hybridized carbons (Fsp3) is 0.231. The van der Waals surface area contributed by atoms with E-state index in [2.05, 4.69) is 5.32 Å². The highest BCUT2D eigenvalue weighted by molar-refractivity contribution is 6.31. The van der Waals surface area contributed by atoms with Crippen LogP contribution in [-0.2, 0) is 16.1 Å². The Balaban J connectivity index is 1.93. The Labute approximate surface area is 188 Å². The minimum Gasteiger partial charge on any atom is -0.357 e. The Bertz CT molecular complexity index is 969. The summed E-state index contributed by atoms with van der Waals surface area (Å²) in [7, 11) is 1.58. The van der Waals surface area contributed by atoms with Crippen LogP contribution in [-0.4, -0.2) is 29.8 Å². The lowest BCUT2D eigenvalue weighted by Crippen LogP contribution is -2.47. The van der Waals surface area contributed by atoms with Crippen molar-refractivity contribution >= 4 is 23.4 Å². The Morgan fingerprint density at radius 3 is 1.90 bits per heavy atom. The van der Waals surface area contributed by atoms with Crippen molar-refractivity contribution in [3.63, 3.8) is 0 Å². The highest BCUT2D eigenvalue weighted by Gasteiger charge is 2.29. The first-order chi connectivity index (χ1) is 15.0. The standard InChI is InChI=1S/C26H27ClN2O2/c1-19(26(31)28-2)29(18-22-15-9-10-16-24(22)27)25(30)17-23(20-11-5-3-6-12-20)21-13-7-4-8-14-21/h3-16,19,23H,17-18H2,1-2H3,(H,28,31)/t19-/m1/s1. The Kier molecular flexibility index (Phi) is 7.85. The Morgan fingerprint density at radius 1 is 0.871 bits per heavy atom. The van der Waals surface area contributed by atoms with Gasteiger partial charge in [-0.1, -0.05) is 90.5 Å². The van der Waals surface area contributed by atoms with Gasteiger partial charge < -0.3 is 10.2 Å². The smallest absolute Gasteiger partial charge is 0.242 e. The number of hydrogen-bond donors (Lipinski definition) is 1. The van der Waals surface area contributed by atoms with E-state index in [0.717, 1.165) is 16.7 Å². The van der Waals surface area contributed by atoms with Gasteiger partial charge in [-0.05, 0) is 29.7 Å². The summed E-state index contributed by atoms with van der Waals surface area (Å²) in [6.07, 6.45) is 0.250. The van der Waals surface area contributed by atoms with Gasteiger partial charge in [-0.25, -0.2) is 0 Å². The van der Waals surface area contributed by atoms with Crippen LogP contribution in [0.1, 0.15) is 36.0 Å². The van der Waals surface area contributed by atoms with E-state index >= 15 is 0 Å². The summed E-state index contributed by atoms with van der Waals surface area (Å²) >= 11 is 6.35. The molecule has 0 aliphatic heterocycles. The van der Waals surface area contributed by atoms with E-state index in [-0.39, 0.29) is 30.7 Å². The van der Waals surface area contributed by atoms with Gasteiger partial charge in [0.25, 0.3) is 0 Å². The zero-order valence-electron chi connectivity index (χ0n) is 17.8. The summed E-state index contributed by atoms with van der Waals surface area (Å²) in [5.41, 5.74) is 2.93. The molecule has 0 heterocycles. The normalized spacial score (nSPS) is 11.7. The maximum atomic E-state index is 13.6. The van der Waals surface area contributed by atoms with Crippen LogP contribution in [0, 0.1) is 0 Å². The van der Waals surface area contributed by atoms with Crippen molar-refractivity contribution in [3.8, 4) is 0 Å². The number of carbonyl (C=O) groups is 2. The molecule has 4 nitrogen and oxygen atoms in total. The van der Waals surface area contributed by atoms with Gasteiger partial charge in [0.2, 0.25) is 11.8 Å². The van der Waals surface area contributed by atoms with E-state index in [0.29, 0.717) is 5.02 Å². The van der Waals surface area contributed by atoms with Gasteiger partial charge in [0, 0.05) is 31.0 Å². The van der Waals surface area contributed by atoms with E-state index in [9.17, 15) is 9.59 Å². The molecule has 0 bridgehead atoms. The van der Waals surface area contributed by atoms with Crippen LogP contribution in [0.25, 0.3) is 0 Å². The fourth-order valence-electron chi connectivity index (χ4n) is 3.69. The number of hydrogen-bond acceptors (Lipinski definition) is 2. The molecule has 0 aliphatic carbocycles. The lowest BCUT2D eigenvalue weighted by molar-refractivity contribution is -0.140. The molecule has 2 amide bonds. The summed E-state index contributed by atoms with van der Waals surface area (Å²) in [6, 6.07) is 26.7. The first-order valence-electron chi connectivity index (χ1n) is 10.4. The topological polar surface area (TPSA) is 49.4 Å². The molecular formula is C26H27ClN2O2. The molecule has 0 spiro atoms. The molecule has 31 heavy (non-hydrogen) atoms. The van der Waals surface area contributed by atoms with Gasteiger partial charge in [0.05, 0.1) is 0 Å². The lowest BCUT2D eigenvalue weighted by atomic mass is 9.88. The zero-order valence-corrected chi connectivity index (χ0v) is 18.5. The Morgan fingerprint density at radius 2 is 1.39 bits per heavy atom. The van der Waals surface area contributed by atoms with Crippen LogP contribution < -0.4 is 5.32 Å². The van der Waals surface area contributed by atoms with Gasteiger partial charge in [-0.3, -0.25) is 9.59 Å². The predicted octanol–water partition coefficient (Wildman–Crippen LogP) is 5.03. The minimum absolute atomic E-state index is 0.103. The third-order valence-corrected chi connectivity index (χ3v) is 5.86. The lowest BCUT2D eigenvalue weighted by Gasteiger charge is -2.30. The molecular weight excluding hydrogens is 408 g/mol. The second-order valence-corrected chi connectivity index (χ2v) is 7.89. The van der Waals surface area contributed by atoms with E-state index in [4.69, 9.17) is 11.6 Å². The highest BCUT2D eigenvalue weighted by atomic mass is 35.5. The van der Waals surface area contributed by atoms with E-state index in [1.54, 1.807) is 24.9 Å². The first-order valence-corrected chi connectivity index (χ1v) is 10.7.